The van der Waals surface area contributed by atoms with Gasteiger partial charge in [-0.1, -0.05) is 25.4 Å². The topological polar surface area (TPSA) is 58.1 Å². The molecule has 0 fully saturated rings. The Balaban J connectivity index is 3.03. The minimum absolute atomic E-state index is 0.0137. The molecule has 1 heterocycles. The number of hydrogen-bond donors (Lipinski definition) is 1. The van der Waals surface area contributed by atoms with Crippen molar-refractivity contribution in [3.63, 3.8) is 0 Å². The normalized spacial score (nSPS) is 12.4. The van der Waals surface area contributed by atoms with Crippen molar-refractivity contribution in [2.24, 2.45) is 0 Å². The largest absolute Gasteiger partial charge is 0.358 e. The summed E-state index contributed by atoms with van der Waals surface area (Å²) in [5.74, 6) is 1.45. The number of nitrogens with one attached hydrogen (secondary N) is 1. The summed E-state index contributed by atoms with van der Waals surface area (Å²) in [5, 5.41) is 3.52. The summed E-state index contributed by atoms with van der Waals surface area (Å²) >= 11 is 6.10. The van der Waals surface area contributed by atoms with E-state index in [1.54, 1.807) is 25.9 Å². The molecule has 0 bridgehead atoms. The van der Waals surface area contributed by atoms with E-state index >= 15 is 0 Å². The van der Waals surface area contributed by atoms with Gasteiger partial charge in [0.1, 0.15) is 22.8 Å². The van der Waals surface area contributed by atoms with Crippen LogP contribution in [0.2, 0.25) is 5.15 Å². The fourth-order valence-electron chi connectivity index (χ4n) is 1.56. The Hall–Kier alpha value is -1.36. The Bertz CT molecular complexity index is 474. The lowest BCUT2D eigenvalue weighted by Crippen LogP contribution is -2.37. The molecule has 1 atom stereocenters. The molecule has 0 saturated carbocycles. The Kier molecular flexibility index (Phi) is 5.11. The van der Waals surface area contributed by atoms with Crippen LogP contribution in [0.1, 0.15) is 38.1 Å². The van der Waals surface area contributed by atoms with E-state index in [9.17, 15) is 4.79 Å². The summed E-state index contributed by atoms with van der Waals surface area (Å²) in [6.45, 7) is 7.63. The number of carbonyl (C=O) groups excluding carboxylic acids is 1. The van der Waals surface area contributed by atoms with Gasteiger partial charge in [0.2, 0.25) is 5.91 Å². The Morgan fingerprint density at radius 3 is 2.32 bits per heavy atom. The molecule has 1 unspecified atom stereocenters. The number of anilines is 1. The minimum atomic E-state index is -0.361. The summed E-state index contributed by atoms with van der Waals surface area (Å²) in [5.41, 5.74) is 0.754. The highest BCUT2D eigenvalue weighted by Crippen LogP contribution is 2.23. The van der Waals surface area contributed by atoms with E-state index in [4.69, 9.17) is 11.6 Å². The first-order chi connectivity index (χ1) is 8.73. The molecule has 1 aromatic rings. The van der Waals surface area contributed by atoms with Gasteiger partial charge in [0.25, 0.3) is 0 Å². The molecule has 0 radical (unpaired) electrons. The van der Waals surface area contributed by atoms with Crippen LogP contribution in [-0.2, 0) is 4.79 Å². The molecule has 5 nitrogen and oxygen atoms in total. The molecule has 1 rings (SSSR count). The molecule has 0 aliphatic rings. The average molecular weight is 285 g/mol. The third-order valence-corrected chi connectivity index (χ3v) is 3.15. The van der Waals surface area contributed by atoms with Crippen molar-refractivity contribution in [1.29, 1.82) is 0 Å². The minimum Gasteiger partial charge on any atom is -0.358 e. The Morgan fingerprint density at radius 2 is 1.84 bits per heavy atom. The average Bonchev–Trinajstić information content (AvgIpc) is 2.33. The van der Waals surface area contributed by atoms with Gasteiger partial charge in [-0.3, -0.25) is 4.79 Å². The van der Waals surface area contributed by atoms with Crippen LogP contribution in [0.4, 0.5) is 5.82 Å². The van der Waals surface area contributed by atoms with E-state index in [0.29, 0.717) is 16.8 Å². The molecule has 0 spiro atoms. The van der Waals surface area contributed by atoms with Crippen LogP contribution >= 0.6 is 11.6 Å². The molecule has 106 valence electrons. The van der Waals surface area contributed by atoms with E-state index in [1.165, 1.54) is 0 Å². The number of halogens is 1. The highest BCUT2D eigenvalue weighted by molar-refractivity contribution is 6.30. The van der Waals surface area contributed by atoms with Crippen LogP contribution in [0.5, 0.6) is 0 Å². The highest BCUT2D eigenvalue weighted by Gasteiger charge is 2.18. The molecule has 19 heavy (non-hydrogen) atoms. The van der Waals surface area contributed by atoms with Gasteiger partial charge in [-0.25, -0.2) is 9.97 Å². The standard InChI is InChI=1S/C13H21ClN4O/c1-7(2)11-16-10(14)8(3)12(17-11)15-9(4)13(19)18(5)6/h7,9H,1-6H3,(H,15,16,17). The second-order valence-corrected chi connectivity index (χ2v) is 5.46. The van der Waals surface area contributed by atoms with Gasteiger partial charge >= 0.3 is 0 Å². The van der Waals surface area contributed by atoms with Gasteiger partial charge in [0, 0.05) is 25.6 Å². The molecule has 0 aromatic carbocycles. The van der Waals surface area contributed by atoms with Gasteiger partial charge in [-0.15, -0.1) is 0 Å². The van der Waals surface area contributed by atoms with E-state index in [1.807, 2.05) is 20.8 Å². The van der Waals surface area contributed by atoms with E-state index < -0.39 is 0 Å². The first-order valence-electron chi connectivity index (χ1n) is 6.25. The highest BCUT2D eigenvalue weighted by atomic mass is 35.5. The number of hydrogen-bond acceptors (Lipinski definition) is 4. The predicted octanol–water partition coefficient (Wildman–Crippen LogP) is 2.45. The van der Waals surface area contributed by atoms with Crippen LogP contribution in [0.25, 0.3) is 0 Å². The Morgan fingerprint density at radius 1 is 1.26 bits per heavy atom. The van der Waals surface area contributed by atoms with Crippen molar-refractivity contribution >= 4 is 23.3 Å². The molecule has 0 aliphatic carbocycles. The SMILES string of the molecule is Cc1c(Cl)nc(C(C)C)nc1NC(C)C(=O)N(C)C. The lowest BCUT2D eigenvalue weighted by Gasteiger charge is -2.20. The summed E-state index contributed by atoms with van der Waals surface area (Å²) in [6, 6.07) is -0.361. The fraction of sp³-hybridized carbons (Fsp3) is 0.615. The quantitative estimate of drug-likeness (QED) is 0.863. The maximum atomic E-state index is 11.8. The van der Waals surface area contributed by atoms with Gasteiger partial charge < -0.3 is 10.2 Å². The van der Waals surface area contributed by atoms with E-state index in [0.717, 1.165) is 5.56 Å². The lowest BCUT2D eigenvalue weighted by atomic mass is 10.2. The second-order valence-electron chi connectivity index (χ2n) is 5.10. The van der Waals surface area contributed by atoms with E-state index in [-0.39, 0.29) is 17.9 Å². The molecule has 1 N–H and O–H groups in total. The van der Waals surface area contributed by atoms with Gasteiger partial charge in [0.15, 0.2) is 0 Å². The number of rotatable bonds is 4. The third-order valence-electron chi connectivity index (χ3n) is 2.78. The number of nitrogens with zero attached hydrogens (tertiary/aromatic N) is 3. The monoisotopic (exact) mass is 284 g/mol. The molecule has 0 saturated heterocycles. The summed E-state index contributed by atoms with van der Waals surface area (Å²) in [6.07, 6.45) is 0. The smallest absolute Gasteiger partial charge is 0.244 e. The second kappa shape index (κ2) is 6.19. The van der Waals surface area contributed by atoms with Crippen LogP contribution in [0.3, 0.4) is 0 Å². The van der Waals surface area contributed by atoms with Crippen molar-refractivity contribution in [2.45, 2.75) is 39.7 Å². The number of likely N-dealkylation sites (N-methyl/N-ethyl adjacent to an activating group) is 1. The van der Waals surface area contributed by atoms with Gasteiger partial charge in [0.05, 0.1) is 0 Å². The fourth-order valence-corrected chi connectivity index (χ4v) is 1.73. The number of amides is 1. The first-order valence-corrected chi connectivity index (χ1v) is 6.63. The predicted molar refractivity (Wildman–Crippen MR) is 77.6 cm³/mol. The molecule has 1 amide bonds. The lowest BCUT2D eigenvalue weighted by molar-refractivity contribution is -0.129. The molecular formula is C13H21ClN4O. The number of carbonyl (C=O) groups is 1. The van der Waals surface area contributed by atoms with Gasteiger partial charge in [-0.05, 0) is 13.8 Å². The summed E-state index contributed by atoms with van der Waals surface area (Å²) in [7, 11) is 3.44. The van der Waals surface area contributed by atoms with Crippen molar-refractivity contribution in [3.05, 3.63) is 16.5 Å². The molecule has 6 heteroatoms. The van der Waals surface area contributed by atoms with Crippen molar-refractivity contribution < 1.29 is 4.79 Å². The zero-order chi connectivity index (χ0) is 14.7. The Labute approximate surface area is 119 Å². The third kappa shape index (κ3) is 3.80. The van der Waals surface area contributed by atoms with Crippen LogP contribution in [0, 0.1) is 6.92 Å². The van der Waals surface area contributed by atoms with Crippen LogP contribution < -0.4 is 5.32 Å². The maximum Gasteiger partial charge on any atom is 0.244 e. The maximum absolute atomic E-state index is 11.8. The molecule has 0 aliphatic heterocycles. The zero-order valence-corrected chi connectivity index (χ0v) is 13.0. The molecule has 1 aromatic heterocycles. The molecular weight excluding hydrogens is 264 g/mol. The number of aromatic nitrogens is 2. The van der Waals surface area contributed by atoms with Crippen LogP contribution in [-0.4, -0.2) is 40.9 Å². The van der Waals surface area contributed by atoms with Crippen molar-refractivity contribution in [2.75, 3.05) is 19.4 Å². The summed E-state index contributed by atoms with van der Waals surface area (Å²) in [4.78, 5) is 22.1. The first kappa shape index (κ1) is 15.7. The van der Waals surface area contributed by atoms with Gasteiger partial charge in [-0.2, -0.15) is 0 Å². The van der Waals surface area contributed by atoms with E-state index in [2.05, 4.69) is 15.3 Å². The zero-order valence-electron chi connectivity index (χ0n) is 12.3. The van der Waals surface area contributed by atoms with Crippen molar-refractivity contribution in [1.82, 2.24) is 14.9 Å². The van der Waals surface area contributed by atoms with Crippen molar-refractivity contribution in [3.8, 4) is 0 Å². The summed E-state index contributed by atoms with van der Waals surface area (Å²) < 4.78 is 0. The van der Waals surface area contributed by atoms with Crippen LogP contribution in [0.15, 0.2) is 0 Å².